The monoisotopic (exact) mass is 409 g/mol. The fourth-order valence-electron chi connectivity index (χ4n) is 4.08. The number of aryl methyl sites for hydroxylation is 1. The lowest BCUT2D eigenvalue weighted by Gasteiger charge is -2.25. The molecule has 0 spiro atoms. The zero-order chi connectivity index (χ0) is 18.9. The summed E-state index contributed by atoms with van der Waals surface area (Å²) in [5, 5.41) is 1.99. The Hall–Kier alpha value is -1.28. The van der Waals surface area contributed by atoms with E-state index in [2.05, 4.69) is 0 Å². The van der Waals surface area contributed by atoms with Crippen molar-refractivity contribution in [3.63, 3.8) is 0 Å². The van der Waals surface area contributed by atoms with E-state index in [0.29, 0.717) is 19.4 Å². The van der Waals surface area contributed by atoms with Crippen molar-refractivity contribution in [2.24, 2.45) is 0 Å². The normalized spacial score (nSPS) is 26.2. The second-order valence-electron chi connectivity index (χ2n) is 7.32. The molecular formula is C20H24FNO3S2. The molecule has 3 unspecified atom stereocenters. The molecule has 4 rings (SSSR count). The van der Waals surface area contributed by atoms with E-state index in [0.717, 1.165) is 28.8 Å². The third kappa shape index (κ3) is 4.42. The van der Waals surface area contributed by atoms with Crippen LogP contribution in [-0.4, -0.2) is 38.5 Å². The van der Waals surface area contributed by atoms with E-state index in [4.69, 9.17) is 4.18 Å². The van der Waals surface area contributed by atoms with Crippen LogP contribution in [0.3, 0.4) is 0 Å². The molecule has 0 N–H and O–H groups in total. The Labute approximate surface area is 164 Å². The Morgan fingerprint density at radius 3 is 2.89 bits per heavy atom. The molecule has 1 saturated heterocycles. The van der Waals surface area contributed by atoms with Gasteiger partial charge in [-0.15, -0.1) is 11.3 Å². The lowest BCUT2D eigenvalue weighted by molar-refractivity contribution is 0.132. The highest BCUT2D eigenvalue weighted by molar-refractivity contribution is 7.86. The van der Waals surface area contributed by atoms with Crippen LogP contribution in [-0.2, 0) is 20.7 Å². The summed E-state index contributed by atoms with van der Waals surface area (Å²) in [5.74, 6) is -0.0303. The molecule has 2 heterocycles. The summed E-state index contributed by atoms with van der Waals surface area (Å²) >= 11 is 1.63. The molecule has 1 aromatic heterocycles. The van der Waals surface area contributed by atoms with Crippen molar-refractivity contribution in [2.45, 2.75) is 44.0 Å². The molecule has 1 aliphatic heterocycles. The molecule has 1 aromatic carbocycles. The Kier molecular flexibility index (Phi) is 5.64. The largest absolute Gasteiger partial charge is 0.272 e. The van der Waals surface area contributed by atoms with Crippen molar-refractivity contribution in [2.75, 3.05) is 18.8 Å². The first kappa shape index (κ1) is 19.1. The number of alkyl halides is 1. The Morgan fingerprint density at radius 2 is 2.07 bits per heavy atom. The summed E-state index contributed by atoms with van der Waals surface area (Å²) in [7, 11) is -3.71. The summed E-state index contributed by atoms with van der Waals surface area (Å²) in [6, 6.07) is 11.8. The fraction of sp³-hybridized carbons (Fsp3) is 0.500. The number of thiophene rings is 1. The number of nitrogens with zero attached hydrogens (tertiary/aromatic N) is 1. The molecule has 0 saturated carbocycles. The fourth-order valence-corrected chi connectivity index (χ4v) is 6.02. The molecule has 7 heteroatoms. The van der Waals surface area contributed by atoms with Crippen molar-refractivity contribution in [3.8, 4) is 0 Å². The van der Waals surface area contributed by atoms with Crippen molar-refractivity contribution < 1.29 is 17.0 Å². The van der Waals surface area contributed by atoms with Crippen LogP contribution >= 0.6 is 11.3 Å². The maximum Gasteiger partial charge on any atom is 0.269 e. The van der Waals surface area contributed by atoms with Crippen LogP contribution in [0.25, 0.3) is 0 Å². The summed E-state index contributed by atoms with van der Waals surface area (Å²) in [6.07, 6.45) is 1.49. The average molecular weight is 410 g/mol. The Bertz CT molecular complexity index is 869. The minimum atomic E-state index is -3.71. The second-order valence-corrected chi connectivity index (χ2v) is 10.0. The van der Waals surface area contributed by atoms with Crippen LogP contribution in [0.5, 0.6) is 0 Å². The zero-order valence-corrected chi connectivity index (χ0v) is 16.7. The molecule has 0 bridgehead atoms. The number of fused-ring (bicyclic) bond motifs is 1. The van der Waals surface area contributed by atoms with E-state index in [-0.39, 0.29) is 18.2 Å². The van der Waals surface area contributed by atoms with Crippen LogP contribution in [0.2, 0.25) is 0 Å². The summed E-state index contributed by atoms with van der Waals surface area (Å²) in [4.78, 5) is 2.79. The average Bonchev–Trinajstić information content (AvgIpc) is 3.30. The van der Waals surface area contributed by atoms with Gasteiger partial charge < -0.3 is 0 Å². The van der Waals surface area contributed by atoms with E-state index < -0.39 is 22.5 Å². The number of hydrogen-bond acceptors (Lipinski definition) is 5. The van der Waals surface area contributed by atoms with Gasteiger partial charge >= 0.3 is 0 Å². The third-order valence-corrected chi connectivity index (χ3v) is 7.72. The van der Waals surface area contributed by atoms with Crippen molar-refractivity contribution >= 4 is 21.5 Å². The Morgan fingerprint density at radius 1 is 1.22 bits per heavy atom. The molecule has 0 amide bonds. The van der Waals surface area contributed by atoms with Gasteiger partial charge in [-0.1, -0.05) is 30.3 Å². The molecule has 1 aliphatic carbocycles. The molecule has 27 heavy (non-hydrogen) atoms. The number of likely N-dealkylation sites (tertiary alicyclic amines) is 1. The summed E-state index contributed by atoms with van der Waals surface area (Å²) < 4.78 is 44.9. The standard InChI is InChI=1S/C20H24FNO3S2/c21-20-13-16(19-9-4-11-26-19)14-22(20)10-12-27(23,24)25-18-8-3-6-15-5-1-2-7-17(15)18/h1-2,4-5,7,9,11,16,18,20H,3,6,8,10,12-14H2. The minimum absolute atomic E-state index is 0.147. The van der Waals surface area contributed by atoms with Gasteiger partial charge in [-0.05, 0) is 41.8 Å². The molecule has 2 aromatic rings. The predicted molar refractivity (Wildman–Crippen MR) is 105 cm³/mol. The van der Waals surface area contributed by atoms with Gasteiger partial charge in [0.2, 0.25) is 0 Å². The van der Waals surface area contributed by atoms with Gasteiger partial charge in [-0.25, -0.2) is 4.39 Å². The first-order valence-corrected chi connectivity index (χ1v) is 11.9. The highest BCUT2D eigenvalue weighted by Crippen LogP contribution is 2.36. The summed E-state index contributed by atoms with van der Waals surface area (Å²) in [6.45, 7) is 0.725. The van der Waals surface area contributed by atoms with E-state index in [1.807, 2.05) is 41.8 Å². The second kappa shape index (κ2) is 7.99. The predicted octanol–water partition coefficient (Wildman–Crippen LogP) is 4.26. The first-order chi connectivity index (χ1) is 13.0. The van der Waals surface area contributed by atoms with Crippen molar-refractivity contribution in [3.05, 3.63) is 57.8 Å². The quantitative estimate of drug-likeness (QED) is 0.528. The van der Waals surface area contributed by atoms with E-state index in [1.165, 1.54) is 0 Å². The van der Waals surface area contributed by atoms with E-state index >= 15 is 0 Å². The molecule has 2 aliphatic rings. The van der Waals surface area contributed by atoms with Crippen LogP contribution in [0.1, 0.15) is 47.3 Å². The van der Waals surface area contributed by atoms with Gasteiger partial charge in [0.1, 0.15) is 6.10 Å². The molecule has 3 atom stereocenters. The SMILES string of the molecule is O=S(=O)(CCN1CC(c2cccs2)CC1F)OC1CCCc2ccccc21. The van der Waals surface area contributed by atoms with Crippen molar-refractivity contribution in [1.29, 1.82) is 0 Å². The van der Waals surface area contributed by atoms with Gasteiger partial charge in [-0.2, -0.15) is 8.42 Å². The van der Waals surface area contributed by atoms with E-state index in [1.54, 1.807) is 16.2 Å². The van der Waals surface area contributed by atoms with Crippen LogP contribution < -0.4 is 0 Å². The lowest BCUT2D eigenvalue weighted by atomic mass is 9.90. The highest BCUT2D eigenvalue weighted by atomic mass is 32.2. The van der Waals surface area contributed by atoms with Gasteiger partial charge in [0.05, 0.1) is 5.75 Å². The van der Waals surface area contributed by atoms with Crippen LogP contribution in [0.15, 0.2) is 41.8 Å². The zero-order valence-electron chi connectivity index (χ0n) is 15.1. The third-order valence-electron chi connectivity index (χ3n) is 5.48. The van der Waals surface area contributed by atoms with Crippen molar-refractivity contribution in [1.82, 2.24) is 4.90 Å². The Balaban J connectivity index is 1.36. The van der Waals surface area contributed by atoms with Gasteiger partial charge in [0.15, 0.2) is 6.30 Å². The molecular weight excluding hydrogens is 385 g/mol. The molecule has 4 nitrogen and oxygen atoms in total. The van der Waals surface area contributed by atoms with E-state index in [9.17, 15) is 12.8 Å². The van der Waals surface area contributed by atoms with Gasteiger partial charge in [0, 0.05) is 30.3 Å². The molecule has 0 radical (unpaired) electrons. The maximum atomic E-state index is 14.4. The van der Waals surface area contributed by atoms with Crippen LogP contribution in [0, 0.1) is 0 Å². The first-order valence-electron chi connectivity index (χ1n) is 9.42. The molecule has 146 valence electrons. The number of benzene rings is 1. The van der Waals surface area contributed by atoms with Gasteiger partial charge in [0.25, 0.3) is 10.1 Å². The summed E-state index contributed by atoms with van der Waals surface area (Å²) in [5.41, 5.74) is 2.13. The maximum absolute atomic E-state index is 14.4. The topological polar surface area (TPSA) is 46.6 Å². The lowest BCUT2D eigenvalue weighted by Crippen LogP contribution is -2.32. The highest BCUT2D eigenvalue weighted by Gasteiger charge is 2.34. The smallest absolute Gasteiger partial charge is 0.269 e. The number of hydrogen-bond donors (Lipinski definition) is 0. The van der Waals surface area contributed by atoms with Gasteiger partial charge in [-0.3, -0.25) is 9.08 Å². The van der Waals surface area contributed by atoms with Crippen LogP contribution in [0.4, 0.5) is 4.39 Å². The number of rotatable bonds is 6. The number of halogens is 1. The molecule has 1 fully saturated rings. The minimum Gasteiger partial charge on any atom is -0.272 e.